The van der Waals surface area contributed by atoms with Crippen LogP contribution < -0.4 is 20.1 Å². The topological polar surface area (TPSA) is 54.9 Å². The fourth-order valence-corrected chi connectivity index (χ4v) is 2.60. The van der Waals surface area contributed by atoms with Gasteiger partial charge in [0.05, 0.1) is 20.3 Å². The fraction of sp³-hybridized carbons (Fsp3) is 0.588. The van der Waals surface area contributed by atoms with Crippen molar-refractivity contribution in [1.29, 1.82) is 0 Å². The number of hydrogen-bond donors (Lipinski definition) is 2. The average molecular weight is 467 g/mol. The van der Waals surface area contributed by atoms with Crippen molar-refractivity contribution in [3.8, 4) is 11.5 Å². The van der Waals surface area contributed by atoms with Crippen LogP contribution in [-0.2, 0) is 0 Å². The zero-order valence-electron chi connectivity index (χ0n) is 15.2. The van der Waals surface area contributed by atoms with Gasteiger partial charge >= 0.3 is 0 Å². The van der Waals surface area contributed by atoms with Crippen LogP contribution in [0.2, 0.25) is 0 Å². The molecule has 1 aromatic carbocycles. The van der Waals surface area contributed by atoms with Crippen molar-refractivity contribution in [2.45, 2.75) is 26.3 Å². The van der Waals surface area contributed by atoms with Crippen LogP contribution in [0.1, 0.15) is 31.9 Å². The van der Waals surface area contributed by atoms with E-state index in [1.165, 1.54) is 0 Å². The number of hydrogen-bond acceptors (Lipinski definition) is 4. The Labute approximate surface area is 167 Å². The van der Waals surface area contributed by atoms with E-state index in [9.17, 15) is 0 Å². The Bertz CT molecular complexity index is 501. The summed E-state index contributed by atoms with van der Waals surface area (Å²) in [6.45, 7) is 5.80. The molecule has 0 amide bonds. The number of ether oxygens (including phenoxy) is 2. The third-order valence-electron chi connectivity index (χ3n) is 3.38. The van der Waals surface area contributed by atoms with Crippen LogP contribution >= 0.6 is 35.7 Å². The van der Waals surface area contributed by atoms with E-state index >= 15 is 0 Å². The molecule has 0 aliphatic heterocycles. The molecule has 1 rings (SSSR count). The maximum atomic E-state index is 5.46. The highest BCUT2D eigenvalue weighted by Crippen LogP contribution is 2.29. The Morgan fingerprint density at radius 3 is 2.62 bits per heavy atom. The predicted molar refractivity (Wildman–Crippen MR) is 115 cm³/mol. The van der Waals surface area contributed by atoms with Crippen molar-refractivity contribution in [1.82, 2.24) is 10.6 Å². The normalized spacial score (nSPS) is 12.1. The van der Waals surface area contributed by atoms with Gasteiger partial charge in [0, 0.05) is 18.7 Å². The van der Waals surface area contributed by atoms with Crippen molar-refractivity contribution in [2.24, 2.45) is 4.99 Å². The summed E-state index contributed by atoms with van der Waals surface area (Å²) in [5.74, 6) is 3.61. The molecule has 0 aliphatic carbocycles. The maximum Gasteiger partial charge on any atom is 0.191 e. The van der Waals surface area contributed by atoms with E-state index in [1.807, 2.05) is 30.0 Å². The number of nitrogens with zero attached hydrogens (tertiary/aromatic N) is 1. The maximum absolute atomic E-state index is 5.46. The minimum atomic E-state index is 0. The molecule has 0 aromatic heterocycles. The average Bonchev–Trinajstić information content (AvgIpc) is 2.58. The number of rotatable bonds is 9. The number of halogens is 1. The van der Waals surface area contributed by atoms with E-state index in [-0.39, 0.29) is 30.0 Å². The summed E-state index contributed by atoms with van der Waals surface area (Å²) in [5.41, 5.74) is 1.04. The van der Waals surface area contributed by atoms with Gasteiger partial charge in [0.25, 0.3) is 0 Å². The molecule has 7 heteroatoms. The molecule has 0 aliphatic rings. The van der Waals surface area contributed by atoms with Crippen molar-refractivity contribution >= 4 is 41.7 Å². The lowest BCUT2D eigenvalue weighted by Gasteiger charge is -2.20. The first-order valence-corrected chi connectivity index (χ1v) is 9.31. The van der Waals surface area contributed by atoms with Crippen LogP contribution in [0.4, 0.5) is 0 Å². The number of nitrogens with one attached hydrogen (secondary N) is 2. The van der Waals surface area contributed by atoms with Crippen LogP contribution in [-0.4, -0.2) is 45.3 Å². The molecule has 0 radical (unpaired) electrons. The lowest BCUT2D eigenvalue weighted by molar-refractivity contribution is 0.394. The molecule has 1 aromatic rings. The molecule has 1 unspecified atom stereocenters. The second-order valence-electron chi connectivity index (χ2n) is 5.08. The summed E-state index contributed by atoms with van der Waals surface area (Å²) < 4.78 is 10.8. The first-order chi connectivity index (χ1) is 11.2. The lowest BCUT2D eigenvalue weighted by Crippen LogP contribution is -2.39. The highest BCUT2D eigenvalue weighted by atomic mass is 127. The molecule has 0 saturated heterocycles. The summed E-state index contributed by atoms with van der Waals surface area (Å²) in [5, 5.41) is 6.72. The van der Waals surface area contributed by atoms with Crippen LogP contribution in [0.25, 0.3) is 0 Å². The Morgan fingerprint density at radius 2 is 2.04 bits per heavy atom. The van der Waals surface area contributed by atoms with Crippen LogP contribution in [0.3, 0.4) is 0 Å². The van der Waals surface area contributed by atoms with E-state index in [2.05, 4.69) is 35.7 Å². The molecular weight excluding hydrogens is 437 g/mol. The first kappa shape index (κ1) is 23.2. The molecule has 24 heavy (non-hydrogen) atoms. The van der Waals surface area contributed by atoms with E-state index < -0.39 is 0 Å². The number of aliphatic imine (C=N–C) groups is 1. The van der Waals surface area contributed by atoms with E-state index in [4.69, 9.17) is 9.47 Å². The van der Waals surface area contributed by atoms with Gasteiger partial charge in [-0.3, -0.25) is 4.99 Å². The monoisotopic (exact) mass is 467 g/mol. The Balaban J connectivity index is 0.00000529. The molecule has 138 valence electrons. The van der Waals surface area contributed by atoms with Gasteiger partial charge in [0.15, 0.2) is 5.96 Å². The smallest absolute Gasteiger partial charge is 0.191 e. The Kier molecular flexibility index (Phi) is 13.0. The number of methoxy groups -OCH3 is 2. The summed E-state index contributed by atoms with van der Waals surface area (Å²) in [6, 6.07) is 5.87. The zero-order valence-corrected chi connectivity index (χ0v) is 18.4. The largest absolute Gasteiger partial charge is 0.497 e. The molecule has 2 N–H and O–H groups in total. The standard InChI is InChI=1S/C17H29N3O2S.HI/c1-6-18-17(19-10-7-11-23-5)20-13(2)15-12-14(21-3)8-9-16(15)22-4;/h8-9,12-13H,6-7,10-11H2,1-5H3,(H2,18,19,20);1H. The molecule has 1 atom stereocenters. The lowest BCUT2D eigenvalue weighted by atomic mass is 10.1. The molecule has 0 saturated carbocycles. The van der Waals surface area contributed by atoms with Gasteiger partial charge in [-0.2, -0.15) is 11.8 Å². The van der Waals surface area contributed by atoms with Gasteiger partial charge in [-0.1, -0.05) is 0 Å². The van der Waals surface area contributed by atoms with Crippen molar-refractivity contribution in [2.75, 3.05) is 39.3 Å². The summed E-state index contributed by atoms with van der Waals surface area (Å²) >= 11 is 1.85. The number of benzene rings is 1. The SMILES string of the molecule is CCNC(=NCCCSC)NC(C)c1cc(OC)ccc1OC.I. The molecule has 0 fully saturated rings. The Morgan fingerprint density at radius 1 is 1.29 bits per heavy atom. The number of thioether (sulfide) groups is 1. The molecule has 0 heterocycles. The highest BCUT2D eigenvalue weighted by Gasteiger charge is 2.14. The minimum Gasteiger partial charge on any atom is -0.497 e. The fourth-order valence-electron chi connectivity index (χ4n) is 2.18. The van der Waals surface area contributed by atoms with E-state index in [1.54, 1.807) is 14.2 Å². The molecule has 0 bridgehead atoms. The Hall–Kier alpha value is -0.830. The van der Waals surface area contributed by atoms with Crippen LogP contribution in [0.5, 0.6) is 11.5 Å². The third-order valence-corrected chi connectivity index (χ3v) is 4.07. The highest BCUT2D eigenvalue weighted by molar-refractivity contribution is 14.0. The van der Waals surface area contributed by atoms with E-state index in [0.29, 0.717) is 0 Å². The third kappa shape index (κ3) is 7.83. The van der Waals surface area contributed by atoms with Gasteiger partial charge in [0.2, 0.25) is 0 Å². The molecule has 0 spiro atoms. The van der Waals surface area contributed by atoms with Crippen molar-refractivity contribution in [3.05, 3.63) is 23.8 Å². The van der Waals surface area contributed by atoms with Crippen LogP contribution in [0, 0.1) is 0 Å². The second kappa shape index (κ2) is 13.5. The summed E-state index contributed by atoms with van der Waals surface area (Å²) in [4.78, 5) is 4.62. The summed E-state index contributed by atoms with van der Waals surface area (Å²) in [6.07, 6.45) is 3.19. The number of guanidine groups is 1. The van der Waals surface area contributed by atoms with Gasteiger partial charge in [0.1, 0.15) is 11.5 Å². The first-order valence-electron chi connectivity index (χ1n) is 7.91. The molecular formula is C17H30IN3O2S. The van der Waals surface area contributed by atoms with Crippen molar-refractivity contribution in [3.63, 3.8) is 0 Å². The van der Waals surface area contributed by atoms with Gasteiger partial charge in [-0.05, 0) is 50.5 Å². The van der Waals surface area contributed by atoms with Crippen LogP contribution in [0.15, 0.2) is 23.2 Å². The van der Waals surface area contributed by atoms with Gasteiger partial charge in [-0.25, -0.2) is 0 Å². The van der Waals surface area contributed by atoms with Gasteiger partial charge < -0.3 is 20.1 Å². The zero-order chi connectivity index (χ0) is 17.1. The van der Waals surface area contributed by atoms with Gasteiger partial charge in [-0.15, -0.1) is 24.0 Å². The minimum absolute atomic E-state index is 0. The van der Waals surface area contributed by atoms with E-state index in [0.717, 1.165) is 48.3 Å². The summed E-state index contributed by atoms with van der Waals surface area (Å²) in [7, 11) is 3.35. The quantitative estimate of drug-likeness (QED) is 0.251. The predicted octanol–water partition coefficient (Wildman–Crippen LogP) is 3.69. The van der Waals surface area contributed by atoms with Crippen molar-refractivity contribution < 1.29 is 9.47 Å². The molecule has 5 nitrogen and oxygen atoms in total. The second-order valence-corrected chi connectivity index (χ2v) is 6.07.